The fourth-order valence-corrected chi connectivity index (χ4v) is 6.14. The van der Waals surface area contributed by atoms with E-state index in [0.29, 0.717) is 45.0 Å². The molecule has 254 valence electrons. The van der Waals surface area contributed by atoms with Crippen LogP contribution < -0.4 is 9.46 Å². The maximum Gasteiger partial charge on any atom is 0.416 e. The van der Waals surface area contributed by atoms with Gasteiger partial charge in [-0.25, -0.2) is 18.1 Å². The van der Waals surface area contributed by atoms with Crippen molar-refractivity contribution >= 4 is 39.1 Å². The number of ether oxygens (including phenoxy) is 1. The molecule has 5 aromatic carbocycles. The van der Waals surface area contributed by atoms with Gasteiger partial charge in [0.2, 0.25) is 10.0 Å². The summed E-state index contributed by atoms with van der Waals surface area (Å²) in [5, 5.41) is 0.913. The quantitative estimate of drug-likeness (QED) is 0.160. The van der Waals surface area contributed by atoms with Crippen LogP contribution in [0.25, 0.3) is 28.1 Å². The molecule has 0 aliphatic carbocycles. The van der Waals surface area contributed by atoms with Gasteiger partial charge in [-0.1, -0.05) is 65.7 Å². The van der Waals surface area contributed by atoms with Crippen molar-refractivity contribution in [2.45, 2.75) is 12.6 Å². The number of carbonyl (C=O) groups is 1. The van der Waals surface area contributed by atoms with Gasteiger partial charge in [-0.05, 0) is 89.5 Å². The summed E-state index contributed by atoms with van der Waals surface area (Å²) in [5.41, 5.74) is 4.10. The Kier molecular flexibility index (Phi) is 9.75. The Hall–Kier alpha value is -5.10. The molecule has 7 nitrogen and oxygen atoms in total. The van der Waals surface area contributed by atoms with Crippen LogP contribution in [0.1, 0.15) is 27.3 Å². The van der Waals surface area contributed by atoms with Gasteiger partial charge in [-0.3, -0.25) is 4.79 Å². The Bertz CT molecular complexity index is 2290. The molecular weight excluding hydrogens is 710 g/mol. The number of sulfonamides is 1. The molecule has 50 heavy (non-hydrogen) atoms. The predicted molar refractivity (Wildman–Crippen MR) is 188 cm³/mol. The van der Waals surface area contributed by atoms with E-state index in [-0.39, 0.29) is 11.3 Å². The molecule has 1 amide bonds. The lowest BCUT2D eigenvalue weighted by atomic mass is 10.0. The standard InChI is InChI=1S/C37H26Cl2F3N3O4S/c1-50(47,48)44-36(46)26-9-14-29(15-10-26)45-22-34(32-18-13-28(38)21-33(32)39)43-35(45)19-23-5-7-24(8-6-23)25-11-16-30(17-12-25)49-31-4-2-3-27(20-31)37(40,41)42/h2-18,20-22H,19H2,1H3,(H,44,46). The number of hydrogen-bond donors (Lipinski definition) is 1. The molecule has 0 atom stereocenters. The van der Waals surface area contributed by atoms with Gasteiger partial charge in [0.15, 0.2) is 0 Å². The minimum Gasteiger partial charge on any atom is -0.457 e. The molecule has 0 aliphatic rings. The van der Waals surface area contributed by atoms with Crippen LogP contribution in [0.15, 0.2) is 121 Å². The predicted octanol–water partition coefficient (Wildman–Crippen LogP) is 9.60. The molecule has 0 spiro atoms. The van der Waals surface area contributed by atoms with Crippen molar-refractivity contribution < 1.29 is 31.1 Å². The first-order valence-corrected chi connectivity index (χ1v) is 17.6. The number of imidazole rings is 1. The topological polar surface area (TPSA) is 90.3 Å². The van der Waals surface area contributed by atoms with E-state index in [0.717, 1.165) is 35.1 Å². The molecule has 1 aromatic heterocycles. The summed E-state index contributed by atoms with van der Waals surface area (Å²) in [4.78, 5) is 17.2. The van der Waals surface area contributed by atoms with Gasteiger partial charge in [0.25, 0.3) is 5.91 Å². The smallest absolute Gasteiger partial charge is 0.416 e. The van der Waals surface area contributed by atoms with Crippen molar-refractivity contribution in [2.75, 3.05) is 6.26 Å². The molecule has 0 saturated carbocycles. The van der Waals surface area contributed by atoms with E-state index in [1.807, 2.05) is 51.9 Å². The van der Waals surface area contributed by atoms with Gasteiger partial charge >= 0.3 is 6.18 Å². The minimum absolute atomic E-state index is 0.0881. The van der Waals surface area contributed by atoms with E-state index >= 15 is 0 Å². The molecule has 0 fully saturated rings. The van der Waals surface area contributed by atoms with Crippen molar-refractivity contribution in [3.63, 3.8) is 0 Å². The van der Waals surface area contributed by atoms with Gasteiger partial charge in [0, 0.05) is 34.5 Å². The molecule has 6 aromatic rings. The van der Waals surface area contributed by atoms with E-state index in [4.69, 9.17) is 32.9 Å². The maximum atomic E-state index is 13.1. The zero-order valence-corrected chi connectivity index (χ0v) is 28.4. The monoisotopic (exact) mass is 735 g/mol. The Morgan fingerprint density at radius 2 is 1.50 bits per heavy atom. The van der Waals surface area contributed by atoms with Crippen LogP contribution in [-0.4, -0.2) is 30.1 Å². The summed E-state index contributed by atoms with van der Waals surface area (Å²) in [7, 11) is -3.72. The van der Waals surface area contributed by atoms with Gasteiger partial charge in [-0.2, -0.15) is 13.2 Å². The Labute approximate surface area is 296 Å². The molecule has 1 heterocycles. The Balaban J connectivity index is 1.23. The molecule has 0 saturated heterocycles. The average Bonchev–Trinajstić information content (AvgIpc) is 3.47. The number of carbonyl (C=O) groups excluding carboxylic acids is 1. The fourth-order valence-electron chi connectivity index (χ4n) is 5.18. The third-order valence-corrected chi connectivity index (χ3v) is 8.68. The largest absolute Gasteiger partial charge is 0.457 e. The SMILES string of the molecule is CS(=O)(=O)NC(=O)c1ccc(-n2cc(-c3ccc(Cl)cc3Cl)nc2Cc2ccc(-c3ccc(Oc4cccc(C(F)(F)F)c4)cc3)cc2)cc1. The zero-order chi connectivity index (χ0) is 35.6. The second-order valence-electron chi connectivity index (χ2n) is 11.3. The molecule has 1 N–H and O–H groups in total. The summed E-state index contributed by atoms with van der Waals surface area (Å²) < 4.78 is 71.8. The number of amides is 1. The maximum absolute atomic E-state index is 13.1. The van der Waals surface area contributed by atoms with Crippen molar-refractivity contribution in [3.8, 4) is 39.6 Å². The molecule has 0 unspecified atom stereocenters. The first-order chi connectivity index (χ1) is 23.7. The highest BCUT2D eigenvalue weighted by Gasteiger charge is 2.30. The van der Waals surface area contributed by atoms with Crippen LogP contribution >= 0.6 is 23.2 Å². The fraction of sp³-hybridized carbons (Fsp3) is 0.0811. The average molecular weight is 737 g/mol. The molecule has 0 aliphatic heterocycles. The summed E-state index contributed by atoms with van der Waals surface area (Å²) in [6, 6.07) is 31.2. The van der Waals surface area contributed by atoms with E-state index < -0.39 is 27.7 Å². The Morgan fingerprint density at radius 1 is 0.840 bits per heavy atom. The number of halogens is 5. The number of alkyl halides is 3. The second-order valence-corrected chi connectivity index (χ2v) is 13.9. The van der Waals surface area contributed by atoms with E-state index in [1.54, 1.807) is 42.5 Å². The summed E-state index contributed by atoms with van der Waals surface area (Å²) in [6.07, 6.45) is -1.31. The normalized spacial score (nSPS) is 11.7. The van der Waals surface area contributed by atoms with Crippen LogP contribution in [0.5, 0.6) is 11.5 Å². The highest BCUT2D eigenvalue weighted by atomic mass is 35.5. The zero-order valence-electron chi connectivity index (χ0n) is 26.1. The summed E-state index contributed by atoms with van der Waals surface area (Å²) in [6.45, 7) is 0. The van der Waals surface area contributed by atoms with Crippen LogP contribution in [0.4, 0.5) is 13.2 Å². The van der Waals surface area contributed by atoms with Crippen molar-refractivity contribution in [2.24, 2.45) is 0 Å². The van der Waals surface area contributed by atoms with Crippen molar-refractivity contribution in [1.82, 2.24) is 14.3 Å². The summed E-state index contributed by atoms with van der Waals surface area (Å²) in [5.74, 6) is 0.419. The highest BCUT2D eigenvalue weighted by Crippen LogP contribution is 2.34. The van der Waals surface area contributed by atoms with E-state index in [2.05, 4.69) is 0 Å². The van der Waals surface area contributed by atoms with E-state index in [1.165, 1.54) is 24.3 Å². The van der Waals surface area contributed by atoms with Gasteiger partial charge in [-0.15, -0.1) is 0 Å². The molecule has 0 bridgehead atoms. The van der Waals surface area contributed by atoms with Gasteiger partial charge < -0.3 is 9.30 Å². The van der Waals surface area contributed by atoms with Gasteiger partial charge in [0.05, 0.1) is 22.5 Å². The van der Waals surface area contributed by atoms with Crippen LogP contribution in [0, 0.1) is 0 Å². The van der Waals surface area contributed by atoms with E-state index in [9.17, 15) is 26.4 Å². The number of nitrogens with zero attached hydrogens (tertiary/aromatic N) is 2. The number of rotatable bonds is 9. The van der Waals surface area contributed by atoms with Crippen LogP contribution in [-0.2, 0) is 22.6 Å². The number of aromatic nitrogens is 2. The van der Waals surface area contributed by atoms with Crippen molar-refractivity contribution in [1.29, 1.82) is 0 Å². The first kappa shape index (κ1) is 34.8. The minimum atomic E-state index is -4.46. The first-order valence-electron chi connectivity index (χ1n) is 14.9. The molecule has 13 heteroatoms. The molecule has 0 radical (unpaired) electrons. The van der Waals surface area contributed by atoms with Crippen LogP contribution in [0.2, 0.25) is 10.0 Å². The third kappa shape index (κ3) is 8.36. The van der Waals surface area contributed by atoms with Crippen LogP contribution in [0.3, 0.4) is 0 Å². The third-order valence-electron chi connectivity index (χ3n) is 7.57. The van der Waals surface area contributed by atoms with Crippen molar-refractivity contribution in [3.05, 3.63) is 154 Å². The molecular formula is C37H26Cl2F3N3O4S. The Morgan fingerprint density at radius 3 is 2.12 bits per heavy atom. The number of hydrogen-bond acceptors (Lipinski definition) is 5. The highest BCUT2D eigenvalue weighted by molar-refractivity contribution is 7.89. The lowest BCUT2D eigenvalue weighted by molar-refractivity contribution is -0.137. The number of benzene rings is 5. The van der Waals surface area contributed by atoms with Gasteiger partial charge in [0.1, 0.15) is 17.3 Å². The lowest BCUT2D eigenvalue weighted by Gasteiger charge is -2.11. The summed E-state index contributed by atoms with van der Waals surface area (Å²) >= 11 is 12.6. The number of nitrogens with one attached hydrogen (secondary N) is 1. The second kappa shape index (κ2) is 14.0. The molecule has 6 rings (SSSR count). The lowest BCUT2D eigenvalue weighted by Crippen LogP contribution is -2.29.